The van der Waals surface area contributed by atoms with Crippen LogP contribution in [-0.2, 0) is 0 Å². The van der Waals surface area contributed by atoms with Crippen molar-refractivity contribution in [2.24, 2.45) is 0 Å². The van der Waals surface area contributed by atoms with E-state index in [0.717, 1.165) is 94.3 Å². The third-order valence-corrected chi connectivity index (χ3v) is 12.6. The molecule has 0 saturated carbocycles. The minimum atomic E-state index is 0.888. The van der Waals surface area contributed by atoms with Crippen LogP contribution in [0.15, 0.2) is 227 Å². The highest BCUT2D eigenvalue weighted by Gasteiger charge is 2.22. The molecule has 0 spiro atoms. The molecular weight excluding hydrogens is 757 g/mol. The Morgan fingerprint density at radius 2 is 0.935 bits per heavy atom. The Balaban J connectivity index is 0.970. The van der Waals surface area contributed by atoms with Crippen molar-refractivity contribution >= 4 is 93.5 Å². The van der Waals surface area contributed by atoms with Crippen LogP contribution in [0.25, 0.3) is 104 Å². The molecule has 3 aromatic heterocycles. The molecule has 0 fully saturated rings. The first-order chi connectivity index (χ1) is 30.7. The summed E-state index contributed by atoms with van der Waals surface area (Å²) in [5.74, 6) is 0. The van der Waals surface area contributed by atoms with Crippen LogP contribution in [0.5, 0.6) is 0 Å². The van der Waals surface area contributed by atoms with Crippen LogP contribution in [0.3, 0.4) is 0 Å². The molecule has 62 heavy (non-hydrogen) atoms. The average molecular weight is 793 g/mol. The zero-order valence-corrected chi connectivity index (χ0v) is 33.5. The van der Waals surface area contributed by atoms with E-state index in [9.17, 15) is 0 Å². The molecule has 0 unspecified atom stereocenters. The van der Waals surface area contributed by atoms with Gasteiger partial charge in [-0.2, -0.15) is 0 Å². The molecule has 0 atom stereocenters. The van der Waals surface area contributed by atoms with Crippen molar-refractivity contribution in [1.82, 2.24) is 4.57 Å². The van der Waals surface area contributed by atoms with Crippen molar-refractivity contribution in [1.29, 1.82) is 0 Å². The summed E-state index contributed by atoms with van der Waals surface area (Å²) in [5, 5.41) is 9.28. The SMILES string of the molecule is c1ccc(-n2c3ccccc3c3ccccc32)c(N(c2ccc(-c3ccc4c(c3)oc3ccccc34)cc2)c2ccc(-c3cccc4oc5c6ccccc6ccc5c34)cc2)c1. The fraction of sp³-hybridized carbons (Fsp3) is 0. The number of hydrogen-bond donors (Lipinski definition) is 0. The van der Waals surface area contributed by atoms with Gasteiger partial charge in [-0.15, -0.1) is 0 Å². The van der Waals surface area contributed by atoms with Crippen LogP contribution >= 0.6 is 0 Å². The van der Waals surface area contributed by atoms with E-state index in [1.807, 2.05) is 12.1 Å². The van der Waals surface area contributed by atoms with Gasteiger partial charge in [0.1, 0.15) is 22.3 Å². The van der Waals surface area contributed by atoms with E-state index in [2.05, 4.69) is 216 Å². The third-order valence-electron chi connectivity index (χ3n) is 12.6. The lowest BCUT2D eigenvalue weighted by atomic mass is 9.98. The van der Waals surface area contributed by atoms with Crippen LogP contribution in [0, 0.1) is 0 Å². The van der Waals surface area contributed by atoms with Crippen LogP contribution in [-0.4, -0.2) is 4.57 Å². The summed E-state index contributed by atoms with van der Waals surface area (Å²) in [7, 11) is 0. The van der Waals surface area contributed by atoms with Gasteiger partial charge in [0.05, 0.1) is 22.4 Å². The molecule has 290 valence electrons. The molecule has 4 nitrogen and oxygen atoms in total. The maximum absolute atomic E-state index is 6.58. The largest absolute Gasteiger partial charge is 0.456 e. The number of hydrogen-bond acceptors (Lipinski definition) is 3. The van der Waals surface area contributed by atoms with Crippen molar-refractivity contribution in [2.45, 2.75) is 0 Å². The monoisotopic (exact) mass is 792 g/mol. The normalized spacial score (nSPS) is 11.9. The van der Waals surface area contributed by atoms with Crippen LogP contribution in [0.4, 0.5) is 17.1 Å². The Morgan fingerprint density at radius 3 is 1.71 bits per heavy atom. The number of para-hydroxylation sites is 5. The zero-order chi connectivity index (χ0) is 40.7. The summed E-state index contributed by atoms with van der Waals surface area (Å²) in [6.45, 7) is 0. The second-order valence-electron chi connectivity index (χ2n) is 16.0. The number of fused-ring (bicyclic) bond motifs is 11. The summed E-state index contributed by atoms with van der Waals surface area (Å²) in [4.78, 5) is 2.38. The Bertz CT molecular complexity index is 3810. The van der Waals surface area contributed by atoms with Gasteiger partial charge in [0, 0.05) is 49.1 Å². The summed E-state index contributed by atoms with van der Waals surface area (Å²) in [5.41, 5.74) is 14.7. The lowest BCUT2D eigenvalue weighted by molar-refractivity contribution is 0.669. The van der Waals surface area contributed by atoms with Gasteiger partial charge in [0.15, 0.2) is 0 Å². The number of rotatable bonds is 6. The highest BCUT2D eigenvalue weighted by atomic mass is 16.3. The molecule has 13 rings (SSSR count). The van der Waals surface area contributed by atoms with Gasteiger partial charge in [-0.3, -0.25) is 0 Å². The molecule has 3 heterocycles. The van der Waals surface area contributed by atoms with Crippen molar-refractivity contribution in [2.75, 3.05) is 4.90 Å². The smallest absolute Gasteiger partial charge is 0.143 e. The minimum absolute atomic E-state index is 0.888. The van der Waals surface area contributed by atoms with Gasteiger partial charge >= 0.3 is 0 Å². The summed E-state index contributed by atoms with van der Waals surface area (Å²) in [6, 6.07) is 78.0. The highest BCUT2D eigenvalue weighted by molar-refractivity contribution is 6.19. The van der Waals surface area contributed by atoms with Gasteiger partial charge in [0.2, 0.25) is 0 Å². The minimum Gasteiger partial charge on any atom is -0.456 e. The van der Waals surface area contributed by atoms with Crippen LogP contribution in [0.2, 0.25) is 0 Å². The molecule has 10 aromatic carbocycles. The number of anilines is 3. The lowest BCUT2D eigenvalue weighted by Crippen LogP contribution is -2.13. The van der Waals surface area contributed by atoms with Crippen LogP contribution < -0.4 is 4.90 Å². The number of aromatic nitrogens is 1. The molecular formula is C58H36N2O2. The first-order valence-electron chi connectivity index (χ1n) is 21.1. The fourth-order valence-corrected chi connectivity index (χ4v) is 9.74. The topological polar surface area (TPSA) is 34.5 Å². The summed E-state index contributed by atoms with van der Waals surface area (Å²) >= 11 is 0. The molecule has 13 aromatic rings. The van der Waals surface area contributed by atoms with E-state index in [1.54, 1.807) is 0 Å². The van der Waals surface area contributed by atoms with Gasteiger partial charge in [-0.05, 0) is 107 Å². The average Bonchev–Trinajstić information content (AvgIpc) is 4.02. The van der Waals surface area contributed by atoms with Crippen molar-refractivity contribution in [3.05, 3.63) is 218 Å². The summed E-state index contributed by atoms with van der Waals surface area (Å²) < 4.78 is 15.3. The Labute approximate surface area is 356 Å². The van der Waals surface area contributed by atoms with Gasteiger partial charge in [-0.25, -0.2) is 0 Å². The lowest BCUT2D eigenvalue weighted by Gasteiger charge is -2.28. The Kier molecular flexibility index (Phi) is 7.57. The maximum Gasteiger partial charge on any atom is 0.143 e. The quantitative estimate of drug-likeness (QED) is 0.168. The van der Waals surface area contributed by atoms with E-state index in [0.29, 0.717) is 0 Å². The van der Waals surface area contributed by atoms with E-state index < -0.39 is 0 Å². The Morgan fingerprint density at radius 1 is 0.355 bits per heavy atom. The van der Waals surface area contributed by atoms with Gasteiger partial charge in [0.25, 0.3) is 0 Å². The standard InChI is InChI=1S/C58H36N2O2/c1-2-13-44-38(12-1)28-35-49-57-43(17-11-23-55(57)62-58(44)49)39-26-32-42(33-27-39)59(41-30-24-37(25-31-41)40-29-34-48-47-16-5-10-22-54(47)61-56(48)36-40)52-20-8-9-21-53(52)60-50-18-6-3-14-45(50)46-15-4-7-19-51(46)60/h1-36H. The number of nitrogens with zero attached hydrogens (tertiary/aromatic N) is 2. The first kappa shape index (κ1) is 34.5. The molecule has 0 aliphatic heterocycles. The van der Waals surface area contributed by atoms with Crippen LogP contribution in [0.1, 0.15) is 0 Å². The number of furan rings is 2. The zero-order valence-electron chi connectivity index (χ0n) is 33.5. The molecule has 0 aliphatic carbocycles. The second-order valence-corrected chi connectivity index (χ2v) is 16.0. The summed E-state index contributed by atoms with van der Waals surface area (Å²) in [6.07, 6.45) is 0. The Hall–Kier alpha value is -8.34. The predicted molar refractivity (Wildman–Crippen MR) is 258 cm³/mol. The molecule has 0 amide bonds. The highest BCUT2D eigenvalue weighted by Crippen LogP contribution is 2.44. The third kappa shape index (κ3) is 5.27. The molecule has 0 N–H and O–H groups in total. The predicted octanol–water partition coefficient (Wildman–Crippen LogP) is 16.5. The molecule has 0 aliphatic rings. The van der Waals surface area contributed by atoms with Crippen molar-refractivity contribution < 1.29 is 8.83 Å². The number of benzene rings is 10. The van der Waals surface area contributed by atoms with E-state index in [4.69, 9.17) is 8.83 Å². The van der Waals surface area contributed by atoms with E-state index >= 15 is 0 Å². The fourth-order valence-electron chi connectivity index (χ4n) is 9.74. The first-order valence-corrected chi connectivity index (χ1v) is 21.1. The maximum atomic E-state index is 6.58. The molecule has 0 saturated heterocycles. The van der Waals surface area contributed by atoms with E-state index in [1.165, 1.54) is 27.2 Å². The van der Waals surface area contributed by atoms with Crippen molar-refractivity contribution in [3.8, 4) is 27.9 Å². The molecule has 0 bridgehead atoms. The van der Waals surface area contributed by atoms with Gasteiger partial charge in [-0.1, -0.05) is 140 Å². The van der Waals surface area contributed by atoms with E-state index in [-0.39, 0.29) is 0 Å². The van der Waals surface area contributed by atoms with Crippen molar-refractivity contribution in [3.63, 3.8) is 0 Å². The second kappa shape index (κ2) is 13.6. The van der Waals surface area contributed by atoms with Gasteiger partial charge < -0.3 is 18.3 Å². The molecule has 0 radical (unpaired) electrons. The molecule has 4 heteroatoms.